The topological polar surface area (TPSA) is 116 Å². The van der Waals surface area contributed by atoms with Gasteiger partial charge in [-0.15, -0.1) is 0 Å². The maximum atomic E-state index is 13.6. The molecule has 0 bridgehead atoms. The van der Waals surface area contributed by atoms with Crippen molar-refractivity contribution in [2.24, 2.45) is 12.7 Å². The number of phenols is 1. The Balaban J connectivity index is 2.71. The molecule has 148 valence electrons. The number of nitrogens with zero attached hydrogens (tertiary/aromatic N) is 2. The number of primary amides is 1. The number of nitrogens with two attached hydrogens (primary N) is 2. The first-order valence-corrected chi connectivity index (χ1v) is 7.86. The van der Waals surface area contributed by atoms with Gasteiger partial charge < -0.3 is 21.1 Å². The van der Waals surface area contributed by atoms with E-state index in [0.717, 1.165) is 4.57 Å². The van der Waals surface area contributed by atoms with Crippen molar-refractivity contribution in [3.05, 3.63) is 50.9 Å². The number of phenolic OH excluding ortho intramolecular Hbond substituents is 1. The molecule has 28 heavy (non-hydrogen) atoms. The Morgan fingerprint density at radius 3 is 2.46 bits per heavy atom. The van der Waals surface area contributed by atoms with Crippen LogP contribution in [-0.4, -0.2) is 20.1 Å². The number of aryl methyl sites for hydroxylation is 1. The molecule has 0 saturated carbocycles. The van der Waals surface area contributed by atoms with Gasteiger partial charge in [-0.1, -0.05) is 6.07 Å². The lowest BCUT2D eigenvalue weighted by atomic mass is 10.1. The Morgan fingerprint density at radius 1 is 1.29 bits per heavy atom. The van der Waals surface area contributed by atoms with Crippen LogP contribution < -0.4 is 17.0 Å². The van der Waals surface area contributed by atoms with E-state index in [2.05, 4.69) is 0 Å². The minimum Gasteiger partial charge on any atom is -0.508 e. The SMILES string of the molecule is [2H]C([2H])([2H])n1c(C(F)(F)F)cc2c(C(N)=O)c(N)n(-c3c(C)ccc(O)c3C)c2c1=O. The molecule has 1 aromatic carbocycles. The zero-order valence-electron chi connectivity index (χ0n) is 17.7. The molecule has 0 aliphatic heterocycles. The molecule has 0 spiro atoms. The van der Waals surface area contributed by atoms with Gasteiger partial charge >= 0.3 is 6.18 Å². The lowest BCUT2D eigenvalue weighted by Gasteiger charge is -2.16. The summed E-state index contributed by atoms with van der Waals surface area (Å²) in [7, 11) is 0. The van der Waals surface area contributed by atoms with Gasteiger partial charge in [-0.05, 0) is 31.5 Å². The normalized spacial score (nSPS) is 14.0. The molecule has 1 amide bonds. The molecule has 10 heteroatoms. The lowest BCUT2D eigenvalue weighted by molar-refractivity contribution is -0.143. The summed E-state index contributed by atoms with van der Waals surface area (Å²) in [6.07, 6.45) is -5.23. The van der Waals surface area contributed by atoms with Crippen molar-refractivity contribution in [2.45, 2.75) is 20.0 Å². The average Bonchev–Trinajstić information content (AvgIpc) is 2.89. The highest BCUT2D eigenvalue weighted by Gasteiger charge is 2.36. The van der Waals surface area contributed by atoms with E-state index < -0.39 is 52.6 Å². The maximum absolute atomic E-state index is 13.6. The summed E-state index contributed by atoms with van der Waals surface area (Å²) in [6, 6.07) is 3.18. The van der Waals surface area contributed by atoms with Crippen LogP contribution >= 0.6 is 0 Å². The highest BCUT2D eigenvalue weighted by atomic mass is 19.4. The Hall–Kier alpha value is -3.43. The molecule has 0 unspecified atom stereocenters. The number of rotatable bonds is 2. The van der Waals surface area contributed by atoms with E-state index in [1.54, 1.807) is 6.92 Å². The van der Waals surface area contributed by atoms with Gasteiger partial charge in [-0.25, -0.2) is 0 Å². The number of benzene rings is 1. The molecule has 0 aliphatic rings. The minimum atomic E-state index is -5.23. The molecular weight excluding hydrogens is 377 g/mol. The Morgan fingerprint density at radius 2 is 1.93 bits per heavy atom. The molecule has 0 aliphatic carbocycles. The molecule has 0 atom stereocenters. The van der Waals surface area contributed by atoms with Crippen molar-refractivity contribution < 1.29 is 27.2 Å². The summed E-state index contributed by atoms with van der Waals surface area (Å²) in [4.78, 5) is 25.2. The number of carbonyl (C=O) groups is 1. The van der Waals surface area contributed by atoms with Gasteiger partial charge in [0.05, 0.1) is 11.3 Å². The van der Waals surface area contributed by atoms with E-state index in [4.69, 9.17) is 15.6 Å². The van der Waals surface area contributed by atoms with Crippen molar-refractivity contribution in [3.8, 4) is 11.4 Å². The smallest absolute Gasteiger partial charge is 0.431 e. The average molecular weight is 397 g/mol. The van der Waals surface area contributed by atoms with Gasteiger partial charge in [0.2, 0.25) is 0 Å². The summed E-state index contributed by atoms with van der Waals surface area (Å²) in [5, 5.41) is 9.55. The van der Waals surface area contributed by atoms with Gasteiger partial charge in [0, 0.05) is 22.0 Å². The Bertz CT molecular complexity index is 1310. The number of hydrogen-bond donors (Lipinski definition) is 3. The molecular formula is C18H17F3N4O3. The first kappa shape index (κ1) is 15.6. The number of nitrogen functional groups attached to an aromatic ring is 1. The molecule has 0 saturated heterocycles. The van der Waals surface area contributed by atoms with E-state index in [1.165, 1.54) is 19.1 Å². The summed E-state index contributed by atoms with van der Waals surface area (Å²) >= 11 is 0. The van der Waals surface area contributed by atoms with Gasteiger partial charge in [0.25, 0.3) is 11.5 Å². The summed E-state index contributed by atoms with van der Waals surface area (Å²) in [5.74, 6) is -1.89. The fourth-order valence-corrected chi connectivity index (χ4v) is 3.25. The number of hydrogen-bond acceptors (Lipinski definition) is 4. The van der Waals surface area contributed by atoms with Crippen LogP contribution in [0.2, 0.25) is 0 Å². The van der Waals surface area contributed by atoms with Crippen LogP contribution in [0.3, 0.4) is 0 Å². The van der Waals surface area contributed by atoms with Crippen LogP contribution in [0.15, 0.2) is 23.0 Å². The third-order valence-electron chi connectivity index (χ3n) is 4.54. The maximum Gasteiger partial charge on any atom is 0.431 e. The number of fused-ring (bicyclic) bond motifs is 1. The van der Waals surface area contributed by atoms with Crippen molar-refractivity contribution >= 4 is 22.6 Å². The number of carbonyl (C=O) groups excluding carboxylic acids is 1. The van der Waals surface area contributed by atoms with Gasteiger partial charge in [0.15, 0.2) is 0 Å². The zero-order valence-corrected chi connectivity index (χ0v) is 14.7. The molecule has 2 aromatic heterocycles. The van der Waals surface area contributed by atoms with E-state index in [-0.39, 0.29) is 21.6 Å². The fourth-order valence-electron chi connectivity index (χ4n) is 3.25. The first-order chi connectivity index (χ1) is 14.1. The molecule has 7 nitrogen and oxygen atoms in total. The minimum absolute atomic E-state index is 0.101. The molecule has 5 N–H and O–H groups in total. The highest BCUT2D eigenvalue weighted by molar-refractivity contribution is 6.11. The highest BCUT2D eigenvalue weighted by Crippen LogP contribution is 2.37. The van der Waals surface area contributed by atoms with E-state index in [9.17, 15) is 27.9 Å². The molecule has 3 aromatic rings. The molecule has 2 heterocycles. The third-order valence-corrected chi connectivity index (χ3v) is 4.54. The van der Waals surface area contributed by atoms with Crippen LogP contribution in [0, 0.1) is 13.8 Å². The third kappa shape index (κ3) is 2.60. The van der Waals surface area contributed by atoms with E-state index >= 15 is 0 Å². The number of aromatic nitrogens is 2. The monoisotopic (exact) mass is 397 g/mol. The predicted octanol–water partition coefficient (Wildman–Crippen LogP) is 2.35. The lowest BCUT2D eigenvalue weighted by Crippen LogP contribution is -2.27. The van der Waals surface area contributed by atoms with Crippen molar-refractivity contribution in [1.29, 1.82) is 0 Å². The quantitative estimate of drug-likeness (QED) is 0.615. The Labute approximate surface area is 160 Å². The second-order valence-corrected chi connectivity index (χ2v) is 6.27. The van der Waals surface area contributed by atoms with Crippen LogP contribution in [0.5, 0.6) is 5.75 Å². The number of pyridine rings is 1. The van der Waals surface area contributed by atoms with E-state index in [0.29, 0.717) is 11.6 Å². The van der Waals surface area contributed by atoms with E-state index in [1.807, 2.05) is 0 Å². The van der Waals surface area contributed by atoms with Crippen molar-refractivity contribution in [1.82, 2.24) is 9.13 Å². The summed E-state index contributed by atoms with van der Waals surface area (Å²) in [5.41, 5.74) is 7.60. The number of anilines is 1. The molecule has 0 radical (unpaired) electrons. The summed E-state index contributed by atoms with van der Waals surface area (Å²) in [6.45, 7) is -0.460. The Kier molecular flexibility index (Phi) is 3.37. The second-order valence-electron chi connectivity index (χ2n) is 6.27. The van der Waals surface area contributed by atoms with Crippen LogP contribution in [-0.2, 0) is 13.2 Å². The van der Waals surface area contributed by atoms with Crippen molar-refractivity contribution in [2.75, 3.05) is 5.73 Å². The van der Waals surface area contributed by atoms with Crippen molar-refractivity contribution in [3.63, 3.8) is 0 Å². The summed E-state index contributed by atoms with van der Waals surface area (Å²) < 4.78 is 63.9. The van der Waals surface area contributed by atoms with Gasteiger partial charge in [-0.2, -0.15) is 13.2 Å². The molecule has 3 rings (SSSR count). The fraction of sp³-hybridized carbons (Fsp3) is 0.222. The van der Waals surface area contributed by atoms with Gasteiger partial charge in [-0.3, -0.25) is 14.2 Å². The number of halogens is 3. The van der Waals surface area contributed by atoms with Crippen LogP contribution in [0.1, 0.15) is 31.3 Å². The van der Waals surface area contributed by atoms with Gasteiger partial charge in [0.1, 0.15) is 22.8 Å². The number of amides is 1. The zero-order chi connectivity index (χ0) is 23.6. The number of alkyl halides is 3. The standard InChI is InChI=1S/C18H17F3N4O3/c1-7-4-5-10(26)8(2)13(7)25-14-9(12(15(25)22)16(23)27)6-11(18(19,20)21)24(3)17(14)28/h4-6,26H,22H2,1-3H3,(H2,23,27)/i3D3. The number of aromatic hydroxyl groups is 1. The van der Waals surface area contributed by atoms with Crippen LogP contribution in [0.25, 0.3) is 16.6 Å². The molecule has 0 fully saturated rings. The largest absolute Gasteiger partial charge is 0.508 e. The second kappa shape index (κ2) is 6.04. The van der Waals surface area contributed by atoms with Crippen LogP contribution in [0.4, 0.5) is 19.0 Å². The first-order valence-electron chi connectivity index (χ1n) is 9.36. The predicted molar refractivity (Wildman–Crippen MR) is 97.6 cm³/mol.